The number of piperidine rings is 2. The number of ether oxygens (including phenoxy) is 1. The fraction of sp³-hybridized carbons (Fsp3) is 0.556. The zero-order valence-electron chi connectivity index (χ0n) is 22.6. The van der Waals surface area contributed by atoms with Crippen LogP contribution in [0.25, 0.3) is 11.4 Å². The number of rotatable bonds is 6. The predicted octanol–water partition coefficient (Wildman–Crippen LogP) is 4.06. The van der Waals surface area contributed by atoms with Gasteiger partial charge >= 0.3 is 6.18 Å². The van der Waals surface area contributed by atoms with Crippen LogP contribution in [-0.4, -0.2) is 69.0 Å². The number of fused-ring (bicyclic) bond motifs is 1. The van der Waals surface area contributed by atoms with E-state index in [4.69, 9.17) is 10.5 Å². The van der Waals surface area contributed by atoms with Gasteiger partial charge < -0.3 is 20.3 Å². The topological polar surface area (TPSA) is 102 Å². The molecular formula is C27H32F3N7O2S. The van der Waals surface area contributed by atoms with Gasteiger partial charge in [0, 0.05) is 62.0 Å². The molecule has 2 aliphatic heterocycles. The van der Waals surface area contributed by atoms with Crippen LogP contribution < -0.4 is 15.4 Å². The first-order valence-corrected chi connectivity index (χ1v) is 14.3. The lowest BCUT2D eigenvalue weighted by Gasteiger charge is -2.34. The fourth-order valence-electron chi connectivity index (χ4n) is 5.77. The maximum atomic E-state index is 13.2. The highest BCUT2D eigenvalue weighted by Crippen LogP contribution is 2.48. The van der Waals surface area contributed by atoms with E-state index in [1.807, 2.05) is 41.2 Å². The van der Waals surface area contributed by atoms with Crippen LogP contribution in [0.15, 0.2) is 29.1 Å². The van der Waals surface area contributed by atoms with Crippen LogP contribution in [0.2, 0.25) is 0 Å². The lowest BCUT2D eigenvalue weighted by molar-refractivity contribution is -0.179. The van der Waals surface area contributed by atoms with E-state index in [-0.39, 0.29) is 49.8 Å². The zero-order valence-corrected chi connectivity index (χ0v) is 23.4. The van der Waals surface area contributed by atoms with Gasteiger partial charge in [0.1, 0.15) is 29.0 Å². The van der Waals surface area contributed by atoms with Crippen molar-refractivity contribution < 1.29 is 22.7 Å². The molecule has 0 radical (unpaired) electrons. The number of carbonyl (C=O) groups is 1. The van der Waals surface area contributed by atoms with Crippen molar-refractivity contribution >= 4 is 23.1 Å². The lowest BCUT2D eigenvalue weighted by atomic mass is 9.94. The van der Waals surface area contributed by atoms with E-state index in [1.165, 1.54) is 11.3 Å². The van der Waals surface area contributed by atoms with Crippen LogP contribution >= 0.6 is 11.3 Å². The summed E-state index contributed by atoms with van der Waals surface area (Å²) < 4.78 is 47.4. The largest absolute Gasteiger partial charge is 0.474 e. The number of likely N-dealkylation sites (tertiary alicyclic amines) is 1. The molecule has 0 spiro atoms. The van der Waals surface area contributed by atoms with Gasteiger partial charge in [-0.25, -0.2) is 4.98 Å². The highest BCUT2D eigenvalue weighted by atomic mass is 32.1. The molecule has 40 heavy (non-hydrogen) atoms. The SMILES string of the molecule is Cn1nc(-c2cscn2)cc1C(=O)N1C[C@@H]2C(Oc3cc(C(C)(C)N)cc(N4CCC(C(F)(F)F)CC4)n3)[C@@H]2C1. The highest BCUT2D eigenvalue weighted by molar-refractivity contribution is 7.07. The molecule has 9 nitrogen and oxygen atoms in total. The molecule has 214 valence electrons. The smallest absolute Gasteiger partial charge is 0.391 e. The summed E-state index contributed by atoms with van der Waals surface area (Å²) in [7, 11) is 1.76. The predicted molar refractivity (Wildman–Crippen MR) is 144 cm³/mol. The monoisotopic (exact) mass is 575 g/mol. The summed E-state index contributed by atoms with van der Waals surface area (Å²) in [6.07, 6.45) is -4.17. The van der Waals surface area contributed by atoms with Crippen molar-refractivity contribution in [3.63, 3.8) is 0 Å². The molecule has 0 bridgehead atoms. The molecule has 3 aromatic rings. The summed E-state index contributed by atoms with van der Waals surface area (Å²) >= 11 is 1.48. The first-order chi connectivity index (χ1) is 18.9. The Morgan fingerprint density at radius 2 is 1.80 bits per heavy atom. The Balaban J connectivity index is 1.12. The van der Waals surface area contributed by atoms with Crippen molar-refractivity contribution in [1.82, 2.24) is 24.6 Å². The second kappa shape index (κ2) is 9.72. The van der Waals surface area contributed by atoms with Gasteiger partial charge in [0.2, 0.25) is 5.88 Å². The molecular weight excluding hydrogens is 543 g/mol. The van der Waals surface area contributed by atoms with Gasteiger partial charge in [0.25, 0.3) is 5.91 Å². The van der Waals surface area contributed by atoms with Gasteiger partial charge in [-0.15, -0.1) is 11.3 Å². The second-order valence-electron chi connectivity index (χ2n) is 11.6. The van der Waals surface area contributed by atoms with E-state index in [0.717, 1.165) is 11.3 Å². The number of hydrogen-bond donors (Lipinski definition) is 1. The summed E-state index contributed by atoms with van der Waals surface area (Å²) in [5.74, 6) is 0.0320. The Morgan fingerprint density at radius 3 is 2.40 bits per heavy atom. The quantitative estimate of drug-likeness (QED) is 0.473. The third-order valence-corrected chi connectivity index (χ3v) is 8.85. The van der Waals surface area contributed by atoms with E-state index in [0.29, 0.717) is 36.2 Å². The number of thiazole rings is 1. The number of aryl methyl sites for hydroxylation is 1. The van der Waals surface area contributed by atoms with Crippen LogP contribution in [0.1, 0.15) is 42.7 Å². The van der Waals surface area contributed by atoms with Crippen molar-refractivity contribution in [1.29, 1.82) is 0 Å². The summed E-state index contributed by atoms with van der Waals surface area (Å²) in [6.45, 7) is 5.44. The van der Waals surface area contributed by atoms with Crippen LogP contribution in [-0.2, 0) is 12.6 Å². The van der Waals surface area contributed by atoms with Crippen LogP contribution in [0.4, 0.5) is 19.0 Å². The normalized spacial score (nSPS) is 23.4. The number of halogens is 3. The van der Waals surface area contributed by atoms with Gasteiger partial charge in [-0.2, -0.15) is 23.3 Å². The number of nitrogens with two attached hydrogens (primary N) is 1. The molecule has 0 aromatic carbocycles. The maximum Gasteiger partial charge on any atom is 0.391 e. The van der Waals surface area contributed by atoms with Crippen molar-refractivity contribution in [2.24, 2.45) is 30.5 Å². The van der Waals surface area contributed by atoms with Crippen molar-refractivity contribution in [3.8, 4) is 17.3 Å². The molecule has 3 fully saturated rings. The Hall–Kier alpha value is -3.19. The number of alkyl halides is 3. The number of amides is 1. The summed E-state index contributed by atoms with van der Waals surface area (Å²) in [5, 5.41) is 6.35. The number of nitrogens with zero attached hydrogens (tertiary/aromatic N) is 6. The molecule has 1 aliphatic carbocycles. The van der Waals surface area contributed by atoms with Crippen molar-refractivity contribution in [2.45, 2.75) is 44.5 Å². The van der Waals surface area contributed by atoms with Crippen molar-refractivity contribution in [3.05, 3.63) is 40.3 Å². The van der Waals surface area contributed by atoms with Gasteiger partial charge in [-0.05, 0) is 44.4 Å². The molecule has 3 aromatic heterocycles. The van der Waals surface area contributed by atoms with E-state index in [1.54, 1.807) is 23.3 Å². The fourth-order valence-corrected chi connectivity index (χ4v) is 6.31. The summed E-state index contributed by atoms with van der Waals surface area (Å²) in [6, 6.07) is 5.44. The third-order valence-electron chi connectivity index (χ3n) is 8.27. The van der Waals surface area contributed by atoms with Crippen LogP contribution in [0.5, 0.6) is 5.88 Å². The average Bonchev–Trinajstić information content (AvgIpc) is 3.41. The van der Waals surface area contributed by atoms with Gasteiger partial charge in [-0.1, -0.05) is 0 Å². The van der Waals surface area contributed by atoms with Crippen LogP contribution in [0.3, 0.4) is 0 Å². The molecule has 3 atom stereocenters. The molecule has 6 rings (SSSR count). The van der Waals surface area contributed by atoms with E-state index in [2.05, 4.69) is 15.1 Å². The Bertz CT molecular complexity index is 1380. The Morgan fingerprint density at radius 1 is 1.10 bits per heavy atom. The molecule has 1 amide bonds. The van der Waals surface area contributed by atoms with Gasteiger partial charge in [0.05, 0.1) is 11.4 Å². The summed E-state index contributed by atoms with van der Waals surface area (Å²) in [5.41, 5.74) is 10.2. The first kappa shape index (κ1) is 27.0. The van der Waals surface area contributed by atoms with E-state index >= 15 is 0 Å². The Labute approximate surface area is 234 Å². The molecule has 5 heterocycles. The van der Waals surface area contributed by atoms with E-state index < -0.39 is 17.6 Å². The number of carbonyl (C=O) groups excluding carboxylic acids is 1. The zero-order chi connectivity index (χ0) is 28.4. The molecule has 3 aliphatic rings. The average molecular weight is 576 g/mol. The molecule has 2 saturated heterocycles. The highest BCUT2D eigenvalue weighted by Gasteiger charge is 2.59. The van der Waals surface area contributed by atoms with Crippen LogP contribution in [0, 0.1) is 17.8 Å². The Kier molecular flexibility index (Phi) is 6.56. The number of anilines is 1. The molecule has 2 N–H and O–H groups in total. The number of aromatic nitrogens is 4. The molecule has 1 unspecified atom stereocenters. The summed E-state index contributed by atoms with van der Waals surface area (Å²) in [4.78, 5) is 25.9. The minimum absolute atomic E-state index is 0.0379. The molecule has 13 heteroatoms. The van der Waals surface area contributed by atoms with Crippen molar-refractivity contribution in [2.75, 3.05) is 31.1 Å². The number of hydrogen-bond acceptors (Lipinski definition) is 8. The van der Waals surface area contributed by atoms with E-state index in [9.17, 15) is 18.0 Å². The molecule has 1 saturated carbocycles. The minimum atomic E-state index is -4.17. The maximum absolute atomic E-state index is 13.2. The third kappa shape index (κ3) is 5.16. The van der Waals surface area contributed by atoms with Gasteiger partial charge in [0.15, 0.2) is 0 Å². The number of pyridine rings is 1. The second-order valence-corrected chi connectivity index (χ2v) is 12.3. The lowest BCUT2D eigenvalue weighted by Crippen LogP contribution is -2.39. The standard InChI is InChI=1S/C27H32F3N7O2S/c1-26(2,31)16-8-22(36-6-4-15(5-7-36)27(28,29)30)33-23(9-16)39-24-17-11-37(12-18(17)24)25(38)21-10-19(34-35(21)3)20-13-40-14-32-20/h8-10,13-15,17-18,24H,4-7,11-12,31H2,1-3H3/t17-,18+,24?. The first-order valence-electron chi connectivity index (χ1n) is 13.4. The minimum Gasteiger partial charge on any atom is -0.474 e. The van der Waals surface area contributed by atoms with Gasteiger partial charge in [-0.3, -0.25) is 9.48 Å².